The second-order valence-corrected chi connectivity index (χ2v) is 4.28. The molecule has 0 saturated carbocycles. The fourth-order valence-electron chi connectivity index (χ4n) is 1.39. The minimum atomic E-state index is -4.30. The molecule has 0 spiro atoms. The lowest BCUT2D eigenvalue weighted by molar-refractivity contribution is -0.0328. The van der Waals surface area contributed by atoms with Crippen molar-refractivity contribution < 1.29 is 17.9 Å². The minimum absolute atomic E-state index is 0.0703. The Balaban J connectivity index is 3.04. The van der Waals surface area contributed by atoms with Gasteiger partial charge in [0.05, 0.1) is 12.0 Å². The summed E-state index contributed by atoms with van der Waals surface area (Å²) in [4.78, 5) is 0.0703. The van der Waals surface area contributed by atoms with E-state index in [1.54, 1.807) is 6.07 Å². The molecule has 0 aromatic heterocycles. The van der Waals surface area contributed by atoms with E-state index in [0.717, 1.165) is 12.0 Å². The van der Waals surface area contributed by atoms with E-state index in [4.69, 9.17) is 4.74 Å². The molecule has 1 aromatic carbocycles. The summed E-state index contributed by atoms with van der Waals surface area (Å²) in [7, 11) is 1.38. The highest BCUT2D eigenvalue weighted by Crippen LogP contribution is 2.42. The van der Waals surface area contributed by atoms with Crippen LogP contribution in [-0.2, 0) is 6.42 Å². The first-order valence-electron chi connectivity index (χ1n) is 4.80. The number of ether oxygens (including phenoxy) is 1. The number of hydrogen-bond acceptors (Lipinski definition) is 2. The highest BCUT2D eigenvalue weighted by Gasteiger charge is 2.31. The van der Waals surface area contributed by atoms with E-state index >= 15 is 0 Å². The van der Waals surface area contributed by atoms with Crippen molar-refractivity contribution in [2.45, 2.75) is 30.2 Å². The van der Waals surface area contributed by atoms with Gasteiger partial charge in [-0.15, -0.1) is 0 Å². The van der Waals surface area contributed by atoms with Crippen LogP contribution in [-0.4, -0.2) is 12.6 Å². The lowest BCUT2D eigenvalue weighted by atomic mass is 10.1. The van der Waals surface area contributed by atoms with Gasteiger partial charge in [0, 0.05) is 0 Å². The fourth-order valence-corrected chi connectivity index (χ4v) is 2.08. The highest BCUT2D eigenvalue weighted by atomic mass is 32.2. The molecule has 0 aliphatic carbocycles. The molecule has 89 valence electrons. The predicted molar refractivity (Wildman–Crippen MR) is 57.7 cm³/mol. The van der Waals surface area contributed by atoms with Crippen LogP contribution in [0.3, 0.4) is 0 Å². The summed E-state index contributed by atoms with van der Waals surface area (Å²) in [5, 5.41) is 0. The Bertz CT molecular complexity index is 350. The summed E-state index contributed by atoms with van der Waals surface area (Å²) >= 11 is -0.164. The van der Waals surface area contributed by atoms with Gasteiger partial charge >= 0.3 is 5.51 Å². The number of methoxy groups -OCH3 is 1. The number of benzene rings is 1. The summed E-state index contributed by atoms with van der Waals surface area (Å²) in [6, 6.07) is 5.68. The van der Waals surface area contributed by atoms with Crippen molar-refractivity contribution in [2.24, 2.45) is 0 Å². The van der Waals surface area contributed by atoms with E-state index in [1.807, 2.05) is 6.92 Å². The molecule has 0 atom stereocenters. The minimum Gasteiger partial charge on any atom is -0.495 e. The van der Waals surface area contributed by atoms with Crippen molar-refractivity contribution in [3.05, 3.63) is 23.8 Å². The summed E-state index contributed by atoms with van der Waals surface area (Å²) < 4.78 is 41.8. The summed E-state index contributed by atoms with van der Waals surface area (Å²) in [6.07, 6.45) is 1.54. The Morgan fingerprint density at radius 3 is 2.56 bits per heavy atom. The molecule has 0 heterocycles. The lowest BCUT2D eigenvalue weighted by Crippen LogP contribution is -2.02. The van der Waals surface area contributed by atoms with Gasteiger partial charge in [0.15, 0.2) is 0 Å². The maximum absolute atomic E-state index is 12.3. The van der Waals surface area contributed by atoms with E-state index in [9.17, 15) is 13.2 Å². The average molecular weight is 249 g/mol. The van der Waals surface area contributed by atoms with Crippen LogP contribution in [0.2, 0.25) is 0 Å². The normalized spacial score (nSPS) is 11.6. The van der Waals surface area contributed by atoms with Gasteiger partial charge in [0.1, 0.15) is 5.75 Å². The molecule has 5 heteroatoms. The predicted octanol–water partition coefficient (Wildman–Crippen LogP) is 4.06. The second-order valence-electron chi connectivity index (χ2n) is 3.18. The third-order valence-electron chi connectivity index (χ3n) is 1.94. The zero-order valence-electron chi connectivity index (χ0n) is 9.02. The second kappa shape index (κ2) is 5.48. The summed E-state index contributed by atoms with van der Waals surface area (Å²) in [5.74, 6) is 0.308. The van der Waals surface area contributed by atoms with Crippen LogP contribution < -0.4 is 4.74 Å². The van der Waals surface area contributed by atoms with Gasteiger partial charge < -0.3 is 4.74 Å². The lowest BCUT2D eigenvalue weighted by Gasteiger charge is -2.13. The zero-order chi connectivity index (χ0) is 12.2. The van der Waals surface area contributed by atoms with E-state index in [2.05, 4.69) is 6.07 Å². The maximum atomic E-state index is 12.3. The Kier molecular flexibility index (Phi) is 4.53. The van der Waals surface area contributed by atoms with Gasteiger partial charge in [-0.2, -0.15) is 13.2 Å². The molecular weight excluding hydrogens is 237 g/mol. The van der Waals surface area contributed by atoms with Crippen LogP contribution in [0.1, 0.15) is 18.9 Å². The van der Waals surface area contributed by atoms with Crippen LogP contribution in [0.5, 0.6) is 5.75 Å². The number of rotatable bonds is 4. The Hall–Kier alpha value is -0.840. The largest absolute Gasteiger partial charge is 0.495 e. The molecule has 1 nitrogen and oxygen atoms in total. The molecule has 0 bridgehead atoms. The molecule has 1 radical (unpaired) electrons. The van der Waals surface area contributed by atoms with Crippen molar-refractivity contribution in [3.8, 4) is 5.75 Å². The quantitative estimate of drug-likeness (QED) is 0.744. The van der Waals surface area contributed by atoms with E-state index in [-0.39, 0.29) is 16.7 Å². The monoisotopic (exact) mass is 249 g/mol. The number of alkyl halides is 3. The van der Waals surface area contributed by atoms with Gasteiger partial charge in [0.2, 0.25) is 0 Å². The molecular formula is C11H12F3OS. The van der Waals surface area contributed by atoms with Crippen LogP contribution in [0.25, 0.3) is 0 Å². The molecule has 16 heavy (non-hydrogen) atoms. The van der Waals surface area contributed by atoms with Gasteiger partial charge in [0.25, 0.3) is 0 Å². The molecule has 0 aliphatic rings. The molecule has 1 rings (SSSR count). The third-order valence-corrected chi connectivity index (χ3v) is 2.69. The van der Waals surface area contributed by atoms with Crippen molar-refractivity contribution in [2.75, 3.05) is 7.11 Å². The Labute approximate surface area is 97.0 Å². The Morgan fingerprint density at radius 2 is 2.06 bits per heavy atom. The smallest absolute Gasteiger partial charge is 0.446 e. The van der Waals surface area contributed by atoms with Gasteiger partial charge in [-0.3, -0.25) is 0 Å². The molecule has 0 N–H and O–H groups in total. The van der Waals surface area contributed by atoms with E-state index in [1.165, 1.54) is 13.2 Å². The van der Waals surface area contributed by atoms with Crippen molar-refractivity contribution in [1.82, 2.24) is 0 Å². The molecule has 0 fully saturated rings. The number of aryl methyl sites for hydroxylation is 1. The number of hydrogen-bond donors (Lipinski definition) is 0. The fraction of sp³-hybridized carbons (Fsp3) is 0.455. The van der Waals surface area contributed by atoms with Crippen LogP contribution in [0, 0.1) is 6.07 Å². The zero-order valence-corrected chi connectivity index (χ0v) is 9.84. The van der Waals surface area contributed by atoms with Crippen LogP contribution in [0.4, 0.5) is 13.2 Å². The van der Waals surface area contributed by atoms with Gasteiger partial charge in [-0.05, 0) is 41.9 Å². The van der Waals surface area contributed by atoms with Crippen LogP contribution >= 0.6 is 11.8 Å². The molecule has 0 unspecified atom stereocenters. The highest BCUT2D eigenvalue weighted by molar-refractivity contribution is 8.00. The van der Waals surface area contributed by atoms with Gasteiger partial charge in [-0.1, -0.05) is 13.3 Å². The molecule has 0 aliphatic heterocycles. The summed E-state index contributed by atoms with van der Waals surface area (Å²) in [5.41, 5.74) is -3.54. The van der Waals surface area contributed by atoms with Crippen molar-refractivity contribution in [1.29, 1.82) is 0 Å². The Morgan fingerprint density at radius 1 is 1.38 bits per heavy atom. The first-order chi connectivity index (χ1) is 7.48. The SMILES string of the molecule is CCCc1c[c]cc(SC(F)(F)F)c1OC. The molecule has 1 aromatic rings. The molecule has 0 amide bonds. The number of halogens is 3. The van der Waals surface area contributed by atoms with E-state index < -0.39 is 5.51 Å². The first kappa shape index (κ1) is 13.2. The van der Waals surface area contributed by atoms with E-state index in [0.29, 0.717) is 12.2 Å². The van der Waals surface area contributed by atoms with Crippen molar-refractivity contribution in [3.63, 3.8) is 0 Å². The first-order valence-corrected chi connectivity index (χ1v) is 5.62. The standard InChI is InChI=1S/C11H12F3OS/c1-3-5-8-6-4-7-9(10(8)15-2)16-11(12,13)14/h6-7H,3,5H2,1-2H3. The topological polar surface area (TPSA) is 9.23 Å². The maximum Gasteiger partial charge on any atom is 0.446 e. The number of thioether (sulfide) groups is 1. The van der Waals surface area contributed by atoms with Crippen LogP contribution in [0.15, 0.2) is 17.0 Å². The van der Waals surface area contributed by atoms with Gasteiger partial charge in [-0.25, -0.2) is 0 Å². The summed E-state index contributed by atoms with van der Waals surface area (Å²) in [6.45, 7) is 1.96. The molecule has 0 saturated heterocycles. The third kappa shape index (κ3) is 3.63. The van der Waals surface area contributed by atoms with Crippen molar-refractivity contribution >= 4 is 11.8 Å². The average Bonchev–Trinajstić information content (AvgIpc) is 2.16.